The Morgan fingerprint density at radius 3 is 2.78 bits per heavy atom. The standard InChI is InChI=1S/C21H31N5S/c1-16-20(27-17(2)25-16)14-24-21(22-3)23-13-19-10-12-26(15-19)11-9-18-7-5-4-6-8-18/h4-8,19H,9-15H2,1-3H3,(H2,22,23,24). The third-order valence-corrected chi connectivity index (χ3v) is 6.20. The van der Waals surface area contributed by atoms with Crippen LogP contribution in [0.3, 0.4) is 0 Å². The van der Waals surface area contributed by atoms with Gasteiger partial charge in [-0.2, -0.15) is 0 Å². The fourth-order valence-electron chi connectivity index (χ4n) is 3.58. The Kier molecular flexibility index (Phi) is 7.24. The second-order valence-corrected chi connectivity index (χ2v) is 8.53. The molecule has 1 fully saturated rings. The van der Waals surface area contributed by atoms with Gasteiger partial charge in [0.05, 0.1) is 17.2 Å². The molecule has 1 aromatic carbocycles. The lowest BCUT2D eigenvalue weighted by atomic mass is 10.1. The molecule has 0 radical (unpaired) electrons. The first kappa shape index (κ1) is 19.8. The van der Waals surface area contributed by atoms with Crippen LogP contribution in [0.25, 0.3) is 0 Å². The van der Waals surface area contributed by atoms with E-state index in [-0.39, 0.29) is 0 Å². The van der Waals surface area contributed by atoms with Gasteiger partial charge in [0.15, 0.2) is 5.96 Å². The van der Waals surface area contributed by atoms with Crippen LogP contribution in [0.1, 0.15) is 27.6 Å². The summed E-state index contributed by atoms with van der Waals surface area (Å²) < 4.78 is 0. The van der Waals surface area contributed by atoms with Crippen molar-refractivity contribution in [3.8, 4) is 0 Å². The van der Waals surface area contributed by atoms with Gasteiger partial charge in [0, 0.05) is 31.6 Å². The van der Waals surface area contributed by atoms with Gasteiger partial charge >= 0.3 is 0 Å². The number of aromatic nitrogens is 1. The monoisotopic (exact) mass is 385 g/mol. The molecular weight excluding hydrogens is 354 g/mol. The Labute approximate surface area is 166 Å². The molecule has 146 valence electrons. The van der Waals surface area contributed by atoms with Gasteiger partial charge in [0.1, 0.15) is 0 Å². The first-order chi connectivity index (χ1) is 13.1. The highest BCUT2D eigenvalue weighted by Crippen LogP contribution is 2.17. The van der Waals surface area contributed by atoms with E-state index in [2.05, 4.69) is 69.7 Å². The molecule has 1 saturated heterocycles. The predicted molar refractivity (Wildman–Crippen MR) is 114 cm³/mol. The van der Waals surface area contributed by atoms with E-state index in [1.807, 2.05) is 7.05 Å². The minimum atomic E-state index is 0.687. The zero-order valence-corrected chi connectivity index (χ0v) is 17.5. The molecule has 2 N–H and O–H groups in total. The molecular formula is C21H31N5S. The van der Waals surface area contributed by atoms with Crippen LogP contribution in [-0.2, 0) is 13.0 Å². The zero-order chi connectivity index (χ0) is 19.1. The molecule has 2 heterocycles. The summed E-state index contributed by atoms with van der Waals surface area (Å²) in [7, 11) is 1.83. The molecule has 5 nitrogen and oxygen atoms in total. The van der Waals surface area contributed by atoms with E-state index in [1.54, 1.807) is 11.3 Å². The lowest BCUT2D eigenvalue weighted by Gasteiger charge is -2.17. The van der Waals surface area contributed by atoms with Crippen molar-refractivity contribution in [3.05, 3.63) is 51.5 Å². The molecule has 0 bridgehead atoms. The van der Waals surface area contributed by atoms with E-state index < -0.39 is 0 Å². The van der Waals surface area contributed by atoms with Crippen molar-refractivity contribution in [2.45, 2.75) is 33.2 Å². The summed E-state index contributed by atoms with van der Waals surface area (Å²) in [6.45, 7) is 9.40. The van der Waals surface area contributed by atoms with Crippen LogP contribution in [0.2, 0.25) is 0 Å². The van der Waals surface area contributed by atoms with Gasteiger partial charge in [0.2, 0.25) is 0 Å². The van der Waals surface area contributed by atoms with Crippen molar-refractivity contribution in [2.24, 2.45) is 10.9 Å². The smallest absolute Gasteiger partial charge is 0.191 e. The number of guanidine groups is 1. The number of nitrogens with zero attached hydrogens (tertiary/aromatic N) is 3. The molecule has 1 aliphatic rings. The van der Waals surface area contributed by atoms with Crippen LogP contribution in [-0.4, -0.2) is 49.1 Å². The first-order valence-corrected chi connectivity index (χ1v) is 10.6. The first-order valence-electron chi connectivity index (χ1n) is 9.77. The van der Waals surface area contributed by atoms with Crippen molar-refractivity contribution in [1.29, 1.82) is 0 Å². The van der Waals surface area contributed by atoms with Crippen LogP contribution < -0.4 is 10.6 Å². The van der Waals surface area contributed by atoms with E-state index in [4.69, 9.17) is 0 Å². The van der Waals surface area contributed by atoms with Crippen LogP contribution in [0.5, 0.6) is 0 Å². The molecule has 6 heteroatoms. The molecule has 1 aliphatic heterocycles. The van der Waals surface area contributed by atoms with Crippen molar-refractivity contribution in [2.75, 3.05) is 33.2 Å². The highest BCUT2D eigenvalue weighted by molar-refractivity contribution is 7.11. The summed E-state index contributed by atoms with van der Waals surface area (Å²) in [4.78, 5) is 12.7. The van der Waals surface area contributed by atoms with Gasteiger partial charge in [-0.1, -0.05) is 30.3 Å². The summed E-state index contributed by atoms with van der Waals surface area (Å²) in [6.07, 6.45) is 2.39. The van der Waals surface area contributed by atoms with Gasteiger partial charge in [0.25, 0.3) is 0 Å². The van der Waals surface area contributed by atoms with E-state index in [0.717, 1.165) is 42.7 Å². The maximum absolute atomic E-state index is 4.48. The topological polar surface area (TPSA) is 52.6 Å². The lowest BCUT2D eigenvalue weighted by molar-refractivity contribution is 0.328. The van der Waals surface area contributed by atoms with Gasteiger partial charge in [-0.05, 0) is 44.7 Å². The average molecular weight is 386 g/mol. The molecule has 1 atom stereocenters. The molecule has 1 aromatic heterocycles. The van der Waals surface area contributed by atoms with Crippen molar-refractivity contribution in [1.82, 2.24) is 20.5 Å². The van der Waals surface area contributed by atoms with Crippen LogP contribution in [0.4, 0.5) is 0 Å². The summed E-state index contributed by atoms with van der Waals surface area (Å²) in [5.74, 6) is 1.56. The van der Waals surface area contributed by atoms with Crippen LogP contribution in [0, 0.1) is 19.8 Å². The predicted octanol–water partition coefficient (Wildman–Crippen LogP) is 2.99. The van der Waals surface area contributed by atoms with E-state index >= 15 is 0 Å². The number of aliphatic imine (C=N–C) groups is 1. The molecule has 2 aromatic rings. The highest BCUT2D eigenvalue weighted by Gasteiger charge is 2.22. The number of rotatable bonds is 7. The van der Waals surface area contributed by atoms with Crippen molar-refractivity contribution < 1.29 is 0 Å². The number of benzene rings is 1. The largest absolute Gasteiger partial charge is 0.356 e. The van der Waals surface area contributed by atoms with E-state index in [9.17, 15) is 0 Å². The highest BCUT2D eigenvalue weighted by atomic mass is 32.1. The van der Waals surface area contributed by atoms with Gasteiger partial charge in [-0.25, -0.2) is 4.98 Å². The minimum absolute atomic E-state index is 0.687. The second-order valence-electron chi connectivity index (χ2n) is 7.24. The Morgan fingerprint density at radius 1 is 1.26 bits per heavy atom. The summed E-state index contributed by atoms with van der Waals surface area (Å²) in [6, 6.07) is 10.8. The fraction of sp³-hybridized carbons (Fsp3) is 0.524. The van der Waals surface area contributed by atoms with Gasteiger partial charge in [-0.15, -0.1) is 11.3 Å². The Hall–Kier alpha value is -1.92. The summed E-state index contributed by atoms with van der Waals surface area (Å²) in [5, 5.41) is 8.04. The maximum atomic E-state index is 4.48. The maximum Gasteiger partial charge on any atom is 0.191 e. The molecule has 0 aliphatic carbocycles. The van der Waals surface area contributed by atoms with Gasteiger partial charge in [-0.3, -0.25) is 4.99 Å². The van der Waals surface area contributed by atoms with E-state index in [1.165, 1.54) is 30.0 Å². The number of aryl methyl sites for hydroxylation is 2. The van der Waals surface area contributed by atoms with Crippen LogP contribution in [0.15, 0.2) is 35.3 Å². The molecule has 27 heavy (non-hydrogen) atoms. The Bertz CT molecular complexity index is 740. The molecule has 0 saturated carbocycles. The summed E-state index contributed by atoms with van der Waals surface area (Å²) >= 11 is 1.75. The lowest BCUT2D eigenvalue weighted by Crippen LogP contribution is -2.40. The summed E-state index contributed by atoms with van der Waals surface area (Å²) in [5.41, 5.74) is 2.54. The molecule has 1 unspecified atom stereocenters. The molecule has 0 spiro atoms. The normalized spacial score (nSPS) is 18.0. The fourth-order valence-corrected chi connectivity index (χ4v) is 4.45. The Morgan fingerprint density at radius 2 is 2.07 bits per heavy atom. The zero-order valence-electron chi connectivity index (χ0n) is 16.7. The quantitative estimate of drug-likeness (QED) is 0.568. The number of hydrogen-bond acceptors (Lipinski definition) is 4. The number of likely N-dealkylation sites (tertiary alicyclic amines) is 1. The number of hydrogen-bond donors (Lipinski definition) is 2. The Balaban J connectivity index is 1.37. The van der Waals surface area contributed by atoms with Gasteiger partial charge < -0.3 is 15.5 Å². The van der Waals surface area contributed by atoms with Crippen LogP contribution >= 0.6 is 11.3 Å². The number of nitrogens with one attached hydrogen (secondary N) is 2. The van der Waals surface area contributed by atoms with Crippen molar-refractivity contribution >= 4 is 17.3 Å². The number of thiazole rings is 1. The SMILES string of the molecule is CN=C(NCc1sc(C)nc1C)NCC1CCN(CCc2ccccc2)C1. The minimum Gasteiger partial charge on any atom is -0.356 e. The average Bonchev–Trinajstić information content (AvgIpc) is 3.26. The molecule has 0 amide bonds. The van der Waals surface area contributed by atoms with E-state index in [0.29, 0.717) is 5.92 Å². The third kappa shape index (κ3) is 6.04. The molecule has 3 rings (SSSR count). The van der Waals surface area contributed by atoms with Crippen molar-refractivity contribution in [3.63, 3.8) is 0 Å². The second kappa shape index (κ2) is 9.85. The third-order valence-electron chi connectivity index (χ3n) is 5.13.